The quantitative estimate of drug-likeness (QED) is 0.345. The van der Waals surface area contributed by atoms with Crippen molar-refractivity contribution in [2.24, 2.45) is 0 Å². The van der Waals surface area contributed by atoms with E-state index in [0.29, 0.717) is 0 Å². The Morgan fingerprint density at radius 1 is 0.688 bits per heavy atom. The summed E-state index contributed by atoms with van der Waals surface area (Å²) in [5, 5.41) is 2.04. The van der Waals surface area contributed by atoms with Crippen LogP contribution in [-0.4, -0.2) is 0 Å². The van der Waals surface area contributed by atoms with E-state index in [1.54, 1.807) is 0 Å². The van der Waals surface area contributed by atoms with E-state index in [-0.39, 0.29) is 5.41 Å². The number of rotatable bonds is 6. The first-order valence-corrected chi connectivity index (χ1v) is 10.9. The first kappa shape index (κ1) is 21.4. The zero-order valence-electron chi connectivity index (χ0n) is 18.8. The first-order chi connectivity index (χ1) is 15.5. The third-order valence-electron chi connectivity index (χ3n) is 6.06. The van der Waals surface area contributed by atoms with Gasteiger partial charge in [-0.25, -0.2) is 0 Å². The van der Waals surface area contributed by atoms with Crippen LogP contribution >= 0.6 is 0 Å². The summed E-state index contributed by atoms with van der Waals surface area (Å²) in [4.78, 5) is 2.27. The van der Waals surface area contributed by atoms with Gasteiger partial charge in [0, 0.05) is 22.0 Å². The molecule has 0 saturated carbocycles. The summed E-state index contributed by atoms with van der Waals surface area (Å²) in [6.07, 6.45) is 1.92. The van der Waals surface area contributed by atoms with Crippen LogP contribution in [0.4, 0.5) is 11.4 Å². The smallest absolute Gasteiger partial charge is 0.0533 e. The molecule has 0 fully saturated rings. The molecule has 0 unspecified atom stereocenters. The molecule has 4 aromatic rings. The summed E-state index contributed by atoms with van der Waals surface area (Å²) in [6, 6.07) is 38.1. The second-order valence-electron chi connectivity index (χ2n) is 8.46. The van der Waals surface area contributed by atoms with Gasteiger partial charge in [0.1, 0.15) is 0 Å². The molecule has 0 heterocycles. The lowest BCUT2D eigenvalue weighted by molar-refractivity contribution is 0.641. The van der Waals surface area contributed by atoms with Crippen molar-refractivity contribution in [2.45, 2.75) is 19.3 Å². The van der Waals surface area contributed by atoms with Crippen molar-refractivity contribution >= 4 is 23.7 Å². The van der Waals surface area contributed by atoms with Gasteiger partial charge in [0.05, 0.1) is 5.70 Å². The maximum Gasteiger partial charge on any atom is 0.0533 e. The van der Waals surface area contributed by atoms with Crippen LogP contribution in [0.15, 0.2) is 122 Å². The number of hydrogen-bond donors (Lipinski definition) is 0. The van der Waals surface area contributed by atoms with Crippen LogP contribution in [0.1, 0.15) is 25.0 Å². The van der Waals surface area contributed by atoms with Gasteiger partial charge in [-0.2, -0.15) is 0 Å². The van der Waals surface area contributed by atoms with E-state index in [9.17, 15) is 0 Å². The summed E-state index contributed by atoms with van der Waals surface area (Å²) >= 11 is 0. The lowest BCUT2D eigenvalue weighted by atomic mass is 9.78. The van der Waals surface area contributed by atoms with Gasteiger partial charge in [-0.1, -0.05) is 112 Å². The van der Waals surface area contributed by atoms with Gasteiger partial charge in [-0.05, 0) is 46.7 Å². The Balaban J connectivity index is 1.94. The Morgan fingerprint density at radius 2 is 1.25 bits per heavy atom. The van der Waals surface area contributed by atoms with E-state index in [1.807, 2.05) is 30.3 Å². The van der Waals surface area contributed by atoms with Gasteiger partial charge in [-0.15, -0.1) is 0 Å². The molecular formula is C31H29N. The molecule has 0 aliphatic carbocycles. The van der Waals surface area contributed by atoms with Crippen molar-refractivity contribution in [2.75, 3.05) is 4.90 Å². The third-order valence-corrected chi connectivity index (χ3v) is 6.06. The maximum absolute atomic E-state index is 4.26. The van der Waals surface area contributed by atoms with E-state index in [2.05, 4.69) is 117 Å². The van der Waals surface area contributed by atoms with Crippen molar-refractivity contribution in [3.63, 3.8) is 0 Å². The van der Waals surface area contributed by atoms with Gasteiger partial charge in [0.25, 0.3) is 0 Å². The second-order valence-corrected chi connectivity index (χ2v) is 8.46. The number of anilines is 2. The lowest BCUT2D eigenvalue weighted by Gasteiger charge is -2.30. The molecule has 0 saturated heterocycles. The molecule has 158 valence electrons. The molecule has 4 aromatic carbocycles. The molecule has 0 spiro atoms. The topological polar surface area (TPSA) is 3.24 Å². The van der Waals surface area contributed by atoms with E-state index < -0.39 is 0 Å². The van der Waals surface area contributed by atoms with E-state index in [0.717, 1.165) is 27.5 Å². The second kappa shape index (κ2) is 9.11. The van der Waals surface area contributed by atoms with E-state index in [1.165, 1.54) is 11.1 Å². The Hall–Kier alpha value is -3.84. The van der Waals surface area contributed by atoms with Gasteiger partial charge >= 0.3 is 0 Å². The third kappa shape index (κ3) is 4.15. The molecule has 1 nitrogen and oxygen atoms in total. The molecular weight excluding hydrogens is 386 g/mol. The van der Waals surface area contributed by atoms with Crippen LogP contribution in [0.3, 0.4) is 0 Å². The summed E-state index contributed by atoms with van der Waals surface area (Å²) < 4.78 is 0. The van der Waals surface area contributed by atoms with Gasteiger partial charge < -0.3 is 4.90 Å². The molecule has 4 rings (SSSR count). The fraction of sp³-hybridized carbons (Fsp3) is 0.0968. The van der Waals surface area contributed by atoms with Crippen molar-refractivity contribution < 1.29 is 0 Å². The maximum atomic E-state index is 4.26. The Bertz CT molecular complexity index is 1320. The van der Waals surface area contributed by atoms with Gasteiger partial charge in [0.15, 0.2) is 0 Å². The van der Waals surface area contributed by atoms with Crippen molar-refractivity contribution in [1.29, 1.82) is 0 Å². The van der Waals surface area contributed by atoms with Crippen molar-refractivity contribution in [1.82, 2.24) is 0 Å². The van der Waals surface area contributed by atoms with Crippen LogP contribution in [0.25, 0.3) is 12.3 Å². The van der Waals surface area contributed by atoms with Crippen LogP contribution in [-0.2, 0) is 5.41 Å². The minimum Gasteiger partial charge on any atom is -0.310 e. The predicted octanol–water partition coefficient (Wildman–Crippen LogP) is 6.56. The number of para-hydroxylation sites is 1. The molecule has 0 bridgehead atoms. The molecule has 0 atom stereocenters. The molecule has 0 aliphatic rings. The SMILES string of the molecule is C=C/C(=c1/ccccc1=C)N(c1ccccc1)c1cccc(C(C)(C)c2ccccc2)c1. The highest BCUT2D eigenvalue weighted by atomic mass is 15.1. The summed E-state index contributed by atoms with van der Waals surface area (Å²) in [5.74, 6) is 0. The standard InChI is InChI=1S/C31H29N/c1-5-30(29-22-13-12-15-24(29)2)32(27-19-10-7-11-20-27)28-21-14-18-26(23-28)31(3,4)25-16-8-6-9-17-25/h5-23H,1-2H2,3-4H3/b30-29+. The van der Waals surface area contributed by atoms with Crippen LogP contribution in [0.5, 0.6) is 0 Å². The Morgan fingerprint density at radius 3 is 1.91 bits per heavy atom. The predicted molar refractivity (Wildman–Crippen MR) is 138 cm³/mol. The zero-order valence-corrected chi connectivity index (χ0v) is 18.8. The monoisotopic (exact) mass is 415 g/mol. The van der Waals surface area contributed by atoms with Crippen LogP contribution in [0.2, 0.25) is 0 Å². The molecule has 0 amide bonds. The van der Waals surface area contributed by atoms with Crippen LogP contribution in [0, 0.1) is 0 Å². The van der Waals surface area contributed by atoms with E-state index in [4.69, 9.17) is 0 Å². The molecule has 0 N–H and O–H groups in total. The summed E-state index contributed by atoms with van der Waals surface area (Å²) in [7, 11) is 0. The lowest BCUT2D eigenvalue weighted by Crippen LogP contribution is -2.31. The fourth-order valence-electron chi connectivity index (χ4n) is 4.15. The summed E-state index contributed by atoms with van der Waals surface area (Å²) in [5.41, 5.74) is 5.61. The zero-order chi connectivity index (χ0) is 22.6. The molecule has 1 heteroatoms. The van der Waals surface area contributed by atoms with Crippen LogP contribution < -0.4 is 15.3 Å². The van der Waals surface area contributed by atoms with Gasteiger partial charge in [0.2, 0.25) is 0 Å². The molecule has 0 radical (unpaired) electrons. The molecule has 32 heavy (non-hydrogen) atoms. The molecule has 0 aliphatic heterocycles. The van der Waals surface area contributed by atoms with Crippen molar-refractivity contribution in [3.8, 4) is 0 Å². The Kier molecular flexibility index (Phi) is 6.09. The summed E-state index contributed by atoms with van der Waals surface area (Å²) in [6.45, 7) is 13.0. The minimum atomic E-state index is -0.127. The highest BCUT2D eigenvalue weighted by Crippen LogP contribution is 2.36. The fourth-order valence-corrected chi connectivity index (χ4v) is 4.15. The molecule has 0 aromatic heterocycles. The number of nitrogens with zero attached hydrogens (tertiary/aromatic N) is 1. The largest absolute Gasteiger partial charge is 0.310 e. The van der Waals surface area contributed by atoms with E-state index >= 15 is 0 Å². The number of hydrogen-bond acceptors (Lipinski definition) is 1. The number of benzene rings is 4. The highest BCUT2D eigenvalue weighted by molar-refractivity contribution is 5.84. The minimum absolute atomic E-state index is 0.127. The van der Waals surface area contributed by atoms with Crippen molar-refractivity contribution in [3.05, 3.63) is 143 Å². The van der Waals surface area contributed by atoms with Gasteiger partial charge in [-0.3, -0.25) is 0 Å². The average molecular weight is 416 g/mol. The average Bonchev–Trinajstić information content (AvgIpc) is 2.84. The normalized spacial score (nSPS) is 12.2. The first-order valence-electron chi connectivity index (χ1n) is 10.9. The Labute approximate surface area is 191 Å². The highest BCUT2D eigenvalue weighted by Gasteiger charge is 2.24.